The fourth-order valence-corrected chi connectivity index (χ4v) is 3.12. The lowest BCUT2D eigenvalue weighted by molar-refractivity contribution is -0.153. The Kier molecular flexibility index (Phi) is 7.55. The molecular formula is C24H24N4O3. The van der Waals surface area contributed by atoms with Crippen LogP contribution < -0.4 is 4.90 Å². The molecule has 0 radical (unpaired) electrons. The first kappa shape index (κ1) is 21.8. The van der Waals surface area contributed by atoms with Gasteiger partial charge in [0.25, 0.3) is 5.91 Å². The number of hydrogen-bond donors (Lipinski definition) is 0. The smallest absolute Gasteiger partial charge is 0.306 e. The van der Waals surface area contributed by atoms with Crippen molar-refractivity contribution >= 4 is 17.6 Å². The van der Waals surface area contributed by atoms with Gasteiger partial charge in [0.05, 0.1) is 24.4 Å². The third kappa shape index (κ3) is 6.03. The second-order valence-electron chi connectivity index (χ2n) is 6.99. The molecule has 3 rings (SSSR count). The molecule has 0 saturated heterocycles. The van der Waals surface area contributed by atoms with Crippen LogP contribution in [-0.2, 0) is 20.7 Å². The van der Waals surface area contributed by atoms with E-state index in [0.29, 0.717) is 12.1 Å². The first-order valence-corrected chi connectivity index (χ1v) is 10.1. The van der Waals surface area contributed by atoms with Crippen molar-refractivity contribution in [3.8, 4) is 11.8 Å². The number of amides is 1. The molecule has 0 aliphatic heterocycles. The number of aryl methyl sites for hydroxylation is 1. The van der Waals surface area contributed by atoms with Gasteiger partial charge >= 0.3 is 5.97 Å². The van der Waals surface area contributed by atoms with Gasteiger partial charge in [-0.3, -0.25) is 9.59 Å². The highest BCUT2D eigenvalue weighted by Gasteiger charge is 2.24. The van der Waals surface area contributed by atoms with Crippen LogP contribution in [-0.4, -0.2) is 34.3 Å². The van der Waals surface area contributed by atoms with E-state index in [1.54, 1.807) is 29.9 Å². The summed E-state index contributed by atoms with van der Waals surface area (Å²) in [6, 6.07) is 20.8. The average Bonchev–Trinajstić information content (AvgIpc) is 3.28. The van der Waals surface area contributed by atoms with Crippen LogP contribution in [0.15, 0.2) is 73.1 Å². The normalized spacial score (nSPS) is 11.4. The molecule has 0 fully saturated rings. The first-order chi connectivity index (χ1) is 15.1. The van der Waals surface area contributed by atoms with Crippen LogP contribution in [0.3, 0.4) is 0 Å². The van der Waals surface area contributed by atoms with Crippen LogP contribution in [0.1, 0.15) is 25.3 Å². The van der Waals surface area contributed by atoms with Crippen molar-refractivity contribution in [3.05, 3.63) is 78.6 Å². The molecule has 2 aromatic carbocycles. The van der Waals surface area contributed by atoms with Crippen molar-refractivity contribution in [3.63, 3.8) is 0 Å². The molecule has 31 heavy (non-hydrogen) atoms. The zero-order valence-corrected chi connectivity index (χ0v) is 17.3. The second kappa shape index (κ2) is 10.7. The molecule has 0 bridgehead atoms. The Bertz CT molecular complexity index is 1040. The summed E-state index contributed by atoms with van der Waals surface area (Å²) < 4.78 is 7.12. The zero-order valence-electron chi connectivity index (χ0n) is 17.3. The number of anilines is 1. The minimum absolute atomic E-state index is 0.141. The van der Waals surface area contributed by atoms with Crippen molar-refractivity contribution in [2.45, 2.75) is 32.3 Å². The van der Waals surface area contributed by atoms with Gasteiger partial charge in [0.15, 0.2) is 6.10 Å². The summed E-state index contributed by atoms with van der Waals surface area (Å²) >= 11 is 0. The Balaban J connectivity index is 1.55. The summed E-state index contributed by atoms with van der Waals surface area (Å²) in [6.07, 6.45) is 3.43. The lowest BCUT2D eigenvalue weighted by atomic mass is 10.2. The van der Waals surface area contributed by atoms with Crippen molar-refractivity contribution in [1.82, 2.24) is 9.78 Å². The van der Waals surface area contributed by atoms with E-state index in [4.69, 9.17) is 10.00 Å². The maximum atomic E-state index is 12.8. The maximum Gasteiger partial charge on any atom is 0.306 e. The van der Waals surface area contributed by atoms with E-state index in [2.05, 4.69) is 5.10 Å². The van der Waals surface area contributed by atoms with E-state index < -0.39 is 12.1 Å². The molecule has 0 aliphatic carbocycles. The summed E-state index contributed by atoms with van der Waals surface area (Å²) in [6.45, 7) is 1.79. The van der Waals surface area contributed by atoms with Crippen LogP contribution in [0, 0.1) is 11.3 Å². The van der Waals surface area contributed by atoms with Crippen LogP contribution in [0.5, 0.6) is 0 Å². The average molecular weight is 416 g/mol. The minimum Gasteiger partial charge on any atom is -0.453 e. The Hall–Kier alpha value is -3.92. The van der Waals surface area contributed by atoms with Gasteiger partial charge in [0.1, 0.15) is 0 Å². The van der Waals surface area contributed by atoms with E-state index in [-0.39, 0.29) is 25.3 Å². The summed E-state index contributed by atoms with van der Waals surface area (Å²) in [5, 5.41) is 13.2. The molecule has 1 amide bonds. The second-order valence-corrected chi connectivity index (χ2v) is 6.99. The monoisotopic (exact) mass is 416 g/mol. The number of esters is 1. The van der Waals surface area contributed by atoms with E-state index in [0.717, 1.165) is 11.3 Å². The van der Waals surface area contributed by atoms with E-state index in [1.165, 1.54) is 4.90 Å². The van der Waals surface area contributed by atoms with E-state index >= 15 is 0 Å². The molecule has 0 saturated carbocycles. The zero-order chi connectivity index (χ0) is 22.1. The molecule has 0 N–H and O–H groups in total. The molecule has 7 nitrogen and oxygen atoms in total. The minimum atomic E-state index is -0.946. The summed E-state index contributed by atoms with van der Waals surface area (Å²) in [7, 11) is 0. The fourth-order valence-electron chi connectivity index (χ4n) is 3.12. The van der Waals surface area contributed by atoms with Crippen LogP contribution in [0.4, 0.5) is 5.69 Å². The first-order valence-electron chi connectivity index (χ1n) is 10.1. The van der Waals surface area contributed by atoms with Gasteiger partial charge in [-0.15, -0.1) is 0 Å². The summed E-state index contributed by atoms with van der Waals surface area (Å²) in [4.78, 5) is 26.6. The number of carbonyl (C=O) groups is 2. The van der Waals surface area contributed by atoms with Crippen molar-refractivity contribution < 1.29 is 14.3 Å². The Morgan fingerprint density at radius 2 is 1.81 bits per heavy atom. The Labute approximate surface area is 181 Å². The standard InChI is InChI=1S/C24H24N4O3/c1-19(24(30)27(16-8-15-25)21-9-4-2-5-10-21)31-23(29)14-13-20-17-26-28(18-20)22-11-6-3-7-12-22/h2-7,9-12,17-19H,8,13-14,16H2,1H3. The topological polar surface area (TPSA) is 88.2 Å². The SMILES string of the molecule is CC(OC(=O)CCc1cnn(-c2ccccc2)c1)C(=O)N(CCC#N)c1ccccc1. The number of benzene rings is 2. The van der Waals surface area contributed by atoms with Gasteiger partial charge in [-0.1, -0.05) is 36.4 Å². The van der Waals surface area contributed by atoms with Crippen molar-refractivity contribution in [2.75, 3.05) is 11.4 Å². The highest BCUT2D eigenvalue weighted by molar-refractivity contribution is 5.97. The molecule has 1 heterocycles. The molecule has 1 atom stereocenters. The number of ether oxygens (including phenoxy) is 1. The van der Waals surface area contributed by atoms with Gasteiger partial charge in [-0.2, -0.15) is 10.4 Å². The van der Waals surface area contributed by atoms with Crippen molar-refractivity contribution in [1.29, 1.82) is 5.26 Å². The highest BCUT2D eigenvalue weighted by Crippen LogP contribution is 2.16. The van der Waals surface area contributed by atoms with Gasteiger partial charge in [0.2, 0.25) is 0 Å². The highest BCUT2D eigenvalue weighted by atomic mass is 16.5. The Morgan fingerprint density at radius 1 is 1.13 bits per heavy atom. The molecule has 0 spiro atoms. The number of para-hydroxylation sites is 2. The molecule has 1 unspecified atom stereocenters. The molecule has 158 valence electrons. The summed E-state index contributed by atoms with van der Waals surface area (Å²) in [5.41, 5.74) is 2.51. The van der Waals surface area contributed by atoms with E-state index in [1.807, 2.05) is 60.8 Å². The number of nitriles is 1. The van der Waals surface area contributed by atoms with E-state index in [9.17, 15) is 9.59 Å². The molecule has 3 aromatic rings. The number of aromatic nitrogens is 2. The van der Waals surface area contributed by atoms with Gasteiger partial charge < -0.3 is 9.64 Å². The third-order valence-electron chi connectivity index (χ3n) is 4.71. The van der Waals surface area contributed by atoms with Crippen LogP contribution >= 0.6 is 0 Å². The van der Waals surface area contributed by atoms with Crippen LogP contribution in [0.25, 0.3) is 5.69 Å². The van der Waals surface area contributed by atoms with Gasteiger partial charge in [0, 0.05) is 24.8 Å². The van der Waals surface area contributed by atoms with Crippen molar-refractivity contribution in [2.24, 2.45) is 0 Å². The third-order valence-corrected chi connectivity index (χ3v) is 4.71. The summed E-state index contributed by atoms with van der Waals surface area (Å²) in [5.74, 6) is -0.812. The lowest BCUT2D eigenvalue weighted by Crippen LogP contribution is -2.40. The van der Waals surface area contributed by atoms with Gasteiger partial charge in [-0.05, 0) is 43.2 Å². The number of rotatable bonds is 9. The fraction of sp³-hybridized carbons (Fsp3) is 0.250. The lowest BCUT2D eigenvalue weighted by Gasteiger charge is -2.25. The largest absolute Gasteiger partial charge is 0.453 e. The number of nitrogens with zero attached hydrogens (tertiary/aromatic N) is 4. The predicted molar refractivity (Wildman–Crippen MR) is 116 cm³/mol. The molecule has 1 aromatic heterocycles. The Morgan fingerprint density at radius 3 is 2.48 bits per heavy atom. The molecular weight excluding hydrogens is 392 g/mol. The molecule has 7 heteroatoms. The number of carbonyl (C=O) groups excluding carboxylic acids is 2. The molecule has 0 aliphatic rings. The van der Waals surface area contributed by atoms with Gasteiger partial charge in [-0.25, -0.2) is 4.68 Å². The number of hydrogen-bond acceptors (Lipinski definition) is 5. The maximum absolute atomic E-state index is 12.8. The quantitative estimate of drug-likeness (QED) is 0.497. The predicted octanol–water partition coefficient (Wildman–Crippen LogP) is 3.68. The van der Waals surface area contributed by atoms with Crippen LogP contribution in [0.2, 0.25) is 0 Å².